The standard InChI is InChI=1S/C9H9IN2O3/c1-6-11-5-7(10)9(15)12(6)4-2-3-8(13)14/h2-3,5H,4H2,1H3,(H,13,14)/b3-2+. The van der Waals surface area contributed by atoms with Crippen LogP contribution in [0.5, 0.6) is 0 Å². The number of carboxylic acid groups (broad SMARTS) is 1. The highest BCUT2D eigenvalue weighted by molar-refractivity contribution is 14.1. The minimum absolute atomic E-state index is 0.155. The zero-order valence-electron chi connectivity index (χ0n) is 7.98. The second kappa shape index (κ2) is 5.06. The van der Waals surface area contributed by atoms with Crippen molar-refractivity contribution >= 4 is 28.6 Å². The van der Waals surface area contributed by atoms with Crippen molar-refractivity contribution in [2.45, 2.75) is 13.5 Å². The highest BCUT2D eigenvalue weighted by atomic mass is 127. The first-order valence-electron chi connectivity index (χ1n) is 4.14. The maximum Gasteiger partial charge on any atom is 0.328 e. The highest BCUT2D eigenvalue weighted by Crippen LogP contribution is 1.97. The van der Waals surface area contributed by atoms with Crippen LogP contribution < -0.4 is 5.56 Å². The highest BCUT2D eigenvalue weighted by Gasteiger charge is 2.03. The van der Waals surface area contributed by atoms with Crippen molar-refractivity contribution in [1.29, 1.82) is 0 Å². The molecule has 1 aromatic rings. The Hall–Kier alpha value is -1.18. The average molecular weight is 320 g/mol. The third-order valence-corrected chi connectivity index (χ3v) is 2.49. The Balaban J connectivity index is 2.99. The van der Waals surface area contributed by atoms with E-state index in [2.05, 4.69) is 4.98 Å². The summed E-state index contributed by atoms with van der Waals surface area (Å²) >= 11 is 1.90. The predicted molar refractivity (Wildman–Crippen MR) is 62.7 cm³/mol. The average Bonchev–Trinajstić information content (AvgIpc) is 2.17. The molecule has 0 atom stereocenters. The molecule has 0 spiro atoms. The van der Waals surface area contributed by atoms with Gasteiger partial charge in [0.05, 0.1) is 3.57 Å². The maximum absolute atomic E-state index is 11.6. The van der Waals surface area contributed by atoms with Crippen molar-refractivity contribution < 1.29 is 9.90 Å². The Morgan fingerprint density at radius 1 is 1.73 bits per heavy atom. The molecule has 1 rings (SSSR count). The van der Waals surface area contributed by atoms with Crippen LogP contribution in [-0.4, -0.2) is 20.6 Å². The number of aliphatic carboxylic acids is 1. The number of allylic oxidation sites excluding steroid dienone is 1. The number of aryl methyl sites for hydroxylation is 1. The Morgan fingerprint density at radius 2 is 2.40 bits per heavy atom. The van der Waals surface area contributed by atoms with Crippen LogP contribution in [-0.2, 0) is 11.3 Å². The molecule has 0 radical (unpaired) electrons. The summed E-state index contributed by atoms with van der Waals surface area (Å²) < 4.78 is 1.93. The van der Waals surface area contributed by atoms with E-state index in [1.165, 1.54) is 16.8 Å². The molecule has 0 fully saturated rings. The summed E-state index contributed by atoms with van der Waals surface area (Å²) in [6, 6.07) is 0. The van der Waals surface area contributed by atoms with Crippen LogP contribution in [0, 0.1) is 10.5 Å². The molecule has 0 aliphatic heterocycles. The van der Waals surface area contributed by atoms with Crippen molar-refractivity contribution in [2.24, 2.45) is 0 Å². The SMILES string of the molecule is Cc1ncc(I)c(=O)n1C/C=C/C(=O)O. The van der Waals surface area contributed by atoms with Gasteiger partial charge in [0, 0.05) is 18.8 Å². The lowest BCUT2D eigenvalue weighted by Gasteiger charge is -2.05. The first-order valence-corrected chi connectivity index (χ1v) is 5.21. The van der Waals surface area contributed by atoms with Gasteiger partial charge < -0.3 is 5.11 Å². The lowest BCUT2D eigenvalue weighted by molar-refractivity contribution is -0.131. The summed E-state index contributed by atoms with van der Waals surface area (Å²) in [5.41, 5.74) is -0.155. The Bertz CT molecular complexity index is 465. The zero-order chi connectivity index (χ0) is 11.4. The van der Waals surface area contributed by atoms with Crippen LogP contribution >= 0.6 is 22.6 Å². The molecule has 0 aromatic carbocycles. The Kier molecular flexibility index (Phi) is 4.01. The predicted octanol–water partition coefficient (Wildman–Crippen LogP) is 0.797. The van der Waals surface area contributed by atoms with E-state index >= 15 is 0 Å². The zero-order valence-corrected chi connectivity index (χ0v) is 10.1. The van der Waals surface area contributed by atoms with Gasteiger partial charge in [0.25, 0.3) is 5.56 Å². The molecule has 6 heteroatoms. The van der Waals surface area contributed by atoms with Crippen LogP contribution in [0.25, 0.3) is 0 Å². The van der Waals surface area contributed by atoms with Gasteiger partial charge in [0.2, 0.25) is 0 Å². The molecule has 0 saturated carbocycles. The van der Waals surface area contributed by atoms with Gasteiger partial charge in [-0.25, -0.2) is 9.78 Å². The third kappa shape index (κ3) is 3.15. The summed E-state index contributed by atoms with van der Waals surface area (Å²) in [4.78, 5) is 25.8. The van der Waals surface area contributed by atoms with Gasteiger partial charge in [-0.05, 0) is 29.5 Å². The molecule has 5 nitrogen and oxygen atoms in total. The first kappa shape index (κ1) is 11.9. The molecule has 1 N–H and O–H groups in total. The number of rotatable bonds is 3. The van der Waals surface area contributed by atoms with Crippen LogP contribution in [0.1, 0.15) is 5.82 Å². The number of carboxylic acids is 1. The second-order valence-electron chi connectivity index (χ2n) is 2.81. The summed E-state index contributed by atoms with van der Waals surface area (Å²) in [6.07, 6.45) is 3.91. The number of halogens is 1. The molecule has 0 unspecified atom stereocenters. The molecule has 1 heterocycles. The Labute approximate surface area is 99.6 Å². The van der Waals surface area contributed by atoms with Gasteiger partial charge in [-0.2, -0.15) is 0 Å². The van der Waals surface area contributed by atoms with Gasteiger partial charge in [0.15, 0.2) is 0 Å². The molecule has 15 heavy (non-hydrogen) atoms. The van der Waals surface area contributed by atoms with E-state index in [1.807, 2.05) is 22.6 Å². The van der Waals surface area contributed by atoms with Gasteiger partial charge in [-0.3, -0.25) is 9.36 Å². The normalized spacial score (nSPS) is 10.8. The fourth-order valence-electron chi connectivity index (χ4n) is 1.02. The van der Waals surface area contributed by atoms with E-state index < -0.39 is 5.97 Å². The van der Waals surface area contributed by atoms with Crippen LogP contribution in [0.2, 0.25) is 0 Å². The van der Waals surface area contributed by atoms with Crippen LogP contribution in [0.4, 0.5) is 0 Å². The van der Waals surface area contributed by atoms with Gasteiger partial charge in [-0.15, -0.1) is 0 Å². The summed E-state index contributed by atoms with van der Waals surface area (Å²) in [5, 5.41) is 8.39. The lowest BCUT2D eigenvalue weighted by atomic mass is 10.4. The molecule has 0 saturated heterocycles. The van der Waals surface area contributed by atoms with Crippen molar-refractivity contribution in [2.75, 3.05) is 0 Å². The molecule has 0 amide bonds. The number of carbonyl (C=O) groups is 1. The van der Waals surface area contributed by atoms with E-state index in [9.17, 15) is 9.59 Å². The smallest absolute Gasteiger partial charge is 0.328 e. The molecule has 0 aliphatic rings. The van der Waals surface area contributed by atoms with E-state index in [0.717, 1.165) is 6.08 Å². The van der Waals surface area contributed by atoms with E-state index in [4.69, 9.17) is 5.11 Å². The minimum atomic E-state index is -1.03. The molecule has 0 aliphatic carbocycles. The number of nitrogens with zero attached hydrogens (tertiary/aromatic N) is 2. The van der Waals surface area contributed by atoms with Crippen LogP contribution in [0.3, 0.4) is 0 Å². The number of hydrogen-bond acceptors (Lipinski definition) is 3. The molecule has 80 valence electrons. The molecular weight excluding hydrogens is 311 g/mol. The minimum Gasteiger partial charge on any atom is -0.478 e. The number of hydrogen-bond donors (Lipinski definition) is 1. The van der Waals surface area contributed by atoms with Gasteiger partial charge in [0.1, 0.15) is 5.82 Å². The lowest BCUT2D eigenvalue weighted by Crippen LogP contribution is -2.25. The summed E-state index contributed by atoms with van der Waals surface area (Å²) in [6.45, 7) is 1.92. The molecular formula is C9H9IN2O3. The maximum atomic E-state index is 11.6. The largest absolute Gasteiger partial charge is 0.478 e. The van der Waals surface area contributed by atoms with Crippen molar-refractivity contribution in [3.05, 3.63) is 38.1 Å². The summed E-state index contributed by atoms with van der Waals surface area (Å²) in [5.74, 6) is -0.463. The van der Waals surface area contributed by atoms with E-state index in [1.54, 1.807) is 6.92 Å². The summed E-state index contributed by atoms with van der Waals surface area (Å²) in [7, 11) is 0. The quantitative estimate of drug-likeness (QED) is 0.660. The Morgan fingerprint density at radius 3 is 3.00 bits per heavy atom. The van der Waals surface area contributed by atoms with Gasteiger partial charge >= 0.3 is 5.97 Å². The fraction of sp³-hybridized carbons (Fsp3) is 0.222. The van der Waals surface area contributed by atoms with E-state index in [0.29, 0.717) is 9.39 Å². The molecule has 1 aromatic heterocycles. The fourth-order valence-corrected chi connectivity index (χ4v) is 1.46. The molecule has 0 bridgehead atoms. The third-order valence-electron chi connectivity index (χ3n) is 1.75. The van der Waals surface area contributed by atoms with Crippen molar-refractivity contribution in [3.63, 3.8) is 0 Å². The van der Waals surface area contributed by atoms with Crippen molar-refractivity contribution in [1.82, 2.24) is 9.55 Å². The van der Waals surface area contributed by atoms with Crippen molar-refractivity contribution in [3.8, 4) is 0 Å². The first-order chi connectivity index (χ1) is 7.02. The van der Waals surface area contributed by atoms with Crippen LogP contribution in [0.15, 0.2) is 23.1 Å². The van der Waals surface area contributed by atoms with E-state index in [-0.39, 0.29) is 12.1 Å². The second-order valence-corrected chi connectivity index (χ2v) is 3.97. The topological polar surface area (TPSA) is 72.2 Å². The van der Waals surface area contributed by atoms with Gasteiger partial charge in [-0.1, -0.05) is 6.08 Å². The monoisotopic (exact) mass is 320 g/mol. The number of aromatic nitrogens is 2.